The molecule has 6 nitrogen and oxygen atoms in total. The molecular weight excluding hydrogens is 523 g/mol. The molecule has 38 heavy (non-hydrogen) atoms. The topological polar surface area (TPSA) is 70.1 Å². The third-order valence-electron chi connectivity index (χ3n) is 7.23. The van der Waals surface area contributed by atoms with Crippen molar-refractivity contribution in [2.24, 2.45) is 0 Å². The number of ether oxygens (including phenoxy) is 1. The van der Waals surface area contributed by atoms with Crippen LogP contribution in [0.5, 0.6) is 0 Å². The Bertz CT molecular complexity index is 1330. The van der Waals surface area contributed by atoms with Crippen molar-refractivity contribution in [2.75, 3.05) is 37.7 Å². The molecular formula is C27H25BF3KN2O4. The maximum Gasteiger partial charge on any atom is 1.00 e. The number of anilines is 1. The second kappa shape index (κ2) is 11.4. The van der Waals surface area contributed by atoms with Gasteiger partial charge in [0.1, 0.15) is 6.61 Å². The van der Waals surface area contributed by atoms with Crippen LogP contribution in [0.2, 0.25) is 0 Å². The normalized spacial score (nSPS) is 14.9. The molecule has 0 radical (unpaired) electrons. The molecule has 3 aromatic carbocycles. The number of carboxylic acid groups (broad SMARTS) is 1. The van der Waals surface area contributed by atoms with Gasteiger partial charge in [-0.25, -0.2) is 9.59 Å². The van der Waals surface area contributed by atoms with E-state index in [1.165, 1.54) is 11.8 Å². The van der Waals surface area contributed by atoms with Gasteiger partial charge in [0.05, 0.1) is 5.56 Å². The third kappa shape index (κ3) is 5.53. The summed E-state index contributed by atoms with van der Waals surface area (Å²) in [4.78, 5) is 27.7. The van der Waals surface area contributed by atoms with E-state index < -0.39 is 24.5 Å². The summed E-state index contributed by atoms with van der Waals surface area (Å²) >= 11 is 0. The maximum atomic E-state index is 13.5. The van der Waals surface area contributed by atoms with Crippen molar-refractivity contribution >= 4 is 30.2 Å². The molecule has 0 aromatic heterocycles. The van der Waals surface area contributed by atoms with Gasteiger partial charge in [0, 0.05) is 37.8 Å². The zero-order chi connectivity index (χ0) is 26.3. The Morgan fingerprint density at radius 2 is 1.50 bits per heavy atom. The number of hydrogen-bond donors (Lipinski definition) is 1. The third-order valence-corrected chi connectivity index (χ3v) is 7.23. The van der Waals surface area contributed by atoms with Crippen LogP contribution < -0.4 is 61.7 Å². The number of piperazine rings is 1. The summed E-state index contributed by atoms with van der Waals surface area (Å²) in [6.45, 7) is -2.65. The zero-order valence-electron chi connectivity index (χ0n) is 21.2. The van der Waals surface area contributed by atoms with Crippen molar-refractivity contribution in [1.82, 2.24) is 4.90 Å². The van der Waals surface area contributed by atoms with Gasteiger partial charge >= 0.3 is 70.4 Å². The first-order chi connectivity index (χ1) is 17.6. The molecule has 1 N–H and O–H groups in total. The number of nitrogens with zero attached hydrogens (tertiary/aromatic N) is 2. The summed E-state index contributed by atoms with van der Waals surface area (Å²) in [6.07, 6.45) is -0.475. The predicted octanol–water partition coefficient (Wildman–Crippen LogP) is 1.82. The second-order valence-corrected chi connectivity index (χ2v) is 9.37. The van der Waals surface area contributed by atoms with Crippen LogP contribution in [0, 0.1) is 6.92 Å². The predicted molar refractivity (Wildman–Crippen MR) is 136 cm³/mol. The van der Waals surface area contributed by atoms with Gasteiger partial charge in [-0.3, -0.25) is 0 Å². The average molecular weight is 548 g/mol. The van der Waals surface area contributed by atoms with Crippen LogP contribution in [0.25, 0.3) is 11.1 Å². The van der Waals surface area contributed by atoms with Crippen molar-refractivity contribution in [3.05, 3.63) is 82.9 Å². The van der Waals surface area contributed by atoms with Crippen molar-refractivity contribution in [1.29, 1.82) is 0 Å². The second-order valence-electron chi connectivity index (χ2n) is 9.37. The molecule has 0 spiro atoms. The fraction of sp³-hybridized carbons (Fsp3) is 0.259. The van der Waals surface area contributed by atoms with Gasteiger partial charge in [0.25, 0.3) is 0 Å². The number of carboxylic acids is 1. The fourth-order valence-corrected chi connectivity index (χ4v) is 5.28. The number of carbonyl (C=O) groups is 2. The summed E-state index contributed by atoms with van der Waals surface area (Å²) in [7, 11) is 0. The minimum absolute atomic E-state index is 0. The molecule has 5 rings (SSSR count). The molecule has 0 unspecified atom stereocenters. The van der Waals surface area contributed by atoms with Crippen LogP contribution in [0.4, 0.5) is 23.4 Å². The van der Waals surface area contributed by atoms with Gasteiger partial charge in [0.2, 0.25) is 0 Å². The Morgan fingerprint density at radius 3 is 2.03 bits per heavy atom. The number of carbonyl (C=O) groups excluding carboxylic acids is 1. The number of halogens is 3. The standard InChI is InChI=1S/C27H25BF3N2O4.K/c1-17-23(26(34)35)14-18(28(29,30)31)15-25(17)32-10-12-33(13-11-32)27(36)37-16-24-21-8-4-2-6-19(21)20-7-3-5-9-22(20)24;/h2-9,14-15,24H,10-13,16H2,1H3,(H,34,35);/q-1;+1. The monoisotopic (exact) mass is 548 g/mol. The van der Waals surface area contributed by atoms with Crippen molar-refractivity contribution in [3.63, 3.8) is 0 Å². The SMILES string of the molecule is Cc1c(C(=O)O)cc([B-](F)(F)F)cc1N1CCN(C(=O)OCC2c3ccccc3-c3ccccc32)CC1.[K+]. The molecule has 2 aliphatic rings. The average Bonchev–Trinajstić information content (AvgIpc) is 3.20. The van der Waals surface area contributed by atoms with Crippen LogP contribution in [0.3, 0.4) is 0 Å². The van der Waals surface area contributed by atoms with E-state index in [1.807, 2.05) is 36.4 Å². The maximum absolute atomic E-state index is 13.5. The summed E-state index contributed by atoms with van der Waals surface area (Å²) in [5.41, 5.74) is 3.65. The van der Waals surface area contributed by atoms with Gasteiger partial charge < -0.3 is 32.6 Å². The van der Waals surface area contributed by atoms with Crippen molar-refractivity contribution in [2.45, 2.75) is 12.8 Å². The number of rotatable bonds is 5. The van der Waals surface area contributed by atoms with E-state index in [9.17, 15) is 27.6 Å². The van der Waals surface area contributed by atoms with Crippen LogP contribution in [0.15, 0.2) is 60.7 Å². The molecule has 0 atom stereocenters. The molecule has 1 amide bonds. The fourth-order valence-electron chi connectivity index (χ4n) is 5.28. The molecule has 1 saturated heterocycles. The van der Waals surface area contributed by atoms with Crippen LogP contribution in [-0.4, -0.2) is 61.8 Å². The minimum atomic E-state index is -5.36. The summed E-state index contributed by atoms with van der Waals surface area (Å²) < 4.78 is 46.1. The smallest absolute Gasteiger partial charge is 0.478 e. The van der Waals surface area contributed by atoms with Gasteiger partial charge in [-0.1, -0.05) is 60.7 Å². The zero-order valence-corrected chi connectivity index (χ0v) is 24.3. The van der Waals surface area contributed by atoms with Gasteiger partial charge in [0.15, 0.2) is 0 Å². The first-order valence-electron chi connectivity index (χ1n) is 12.1. The van der Waals surface area contributed by atoms with E-state index in [-0.39, 0.29) is 107 Å². The Kier molecular flexibility index (Phi) is 8.63. The van der Waals surface area contributed by atoms with Crippen LogP contribution in [-0.2, 0) is 4.74 Å². The molecule has 11 heteroatoms. The van der Waals surface area contributed by atoms with Crippen molar-refractivity contribution < 1.29 is 83.8 Å². The van der Waals surface area contributed by atoms with Gasteiger partial charge in [-0.05, 0) is 34.7 Å². The molecule has 0 saturated carbocycles. The van der Waals surface area contributed by atoms with Crippen LogP contribution >= 0.6 is 0 Å². The van der Waals surface area contributed by atoms with E-state index in [0.717, 1.165) is 28.3 Å². The first kappa shape index (κ1) is 28.7. The molecule has 3 aromatic rings. The Balaban J connectivity index is 0.00000336. The number of benzene rings is 3. The van der Waals surface area contributed by atoms with E-state index in [4.69, 9.17) is 4.74 Å². The van der Waals surface area contributed by atoms with E-state index in [1.54, 1.807) is 4.90 Å². The molecule has 1 aliphatic carbocycles. The van der Waals surface area contributed by atoms with Crippen LogP contribution in [0.1, 0.15) is 33.0 Å². The van der Waals surface area contributed by atoms with Gasteiger partial charge in [-0.15, -0.1) is 5.46 Å². The quantitative estimate of drug-likeness (QED) is 0.493. The number of hydrogen-bond acceptors (Lipinski definition) is 4. The number of fused-ring (bicyclic) bond motifs is 3. The summed E-state index contributed by atoms with van der Waals surface area (Å²) in [5.74, 6) is -1.47. The molecule has 1 fully saturated rings. The number of amides is 1. The van der Waals surface area contributed by atoms with Gasteiger partial charge in [-0.2, -0.15) is 0 Å². The van der Waals surface area contributed by atoms with E-state index in [2.05, 4.69) is 12.1 Å². The van der Waals surface area contributed by atoms with E-state index in [0.29, 0.717) is 6.07 Å². The Labute approximate surface area is 261 Å². The Morgan fingerprint density at radius 1 is 0.947 bits per heavy atom. The largest absolute Gasteiger partial charge is 1.00 e. The number of aromatic carboxylic acids is 1. The minimum Gasteiger partial charge on any atom is -0.478 e. The molecule has 192 valence electrons. The Hall–Kier alpha value is -2.31. The molecule has 0 bridgehead atoms. The summed E-state index contributed by atoms with van der Waals surface area (Å²) in [6, 6.07) is 17.8. The van der Waals surface area contributed by atoms with E-state index >= 15 is 0 Å². The molecule has 1 heterocycles. The summed E-state index contributed by atoms with van der Waals surface area (Å²) in [5, 5.41) is 9.42. The first-order valence-corrected chi connectivity index (χ1v) is 12.1. The molecule has 1 aliphatic heterocycles. The van der Waals surface area contributed by atoms with Crippen molar-refractivity contribution in [3.8, 4) is 11.1 Å².